The summed E-state index contributed by atoms with van der Waals surface area (Å²) in [5.41, 5.74) is 4.03. The Hall–Kier alpha value is -3.51. The van der Waals surface area contributed by atoms with E-state index in [1.807, 2.05) is 55.6 Å². The van der Waals surface area contributed by atoms with Gasteiger partial charge in [-0.3, -0.25) is 9.48 Å². The number of benzene rings is 3. The van der Waals surface area contributed by atoms with Crippen molar-refractivity contribution in [2.45, 2.75) is 0 Å². The number of aldehydes is 1. The van der Waals surface area contributed by atoms with E-state index in [4.69, 9.17) is 21.1 Å². The van der Waals surface area contributed by atoms with Crippen molar-refractivity contribution in [2.24, 2.45) is 7.05 Å². The second-order valence-electron chi connectivity index (χ2n) is 7.02. The Morgan fingerprint density at radius 3 is 2.73 bits per heavy atom. The quantitative estimate of drug-likeness (QED) is 0.459. The van der Waals surface area contributed by atoms with Crippen molar-refractivity contribution in [1.29, 1.82) is 0 Å². The van der Waals surface area contributed by atoms with E-state index < -0.39 is 0 Å². The van der Waals surface area contributed by atoms with Gasteiger partial charge in [-0.25, -0.2) is 0 Å². The predicted octanol–water partition coefficient (Wildman–Crippen LogP) is 5.22. The highest BCUT2D eigenvalue weighted by atomic mass is 35.5. The summed E-state index contributed by atoms with van der Waals surface area (Å²) in [5, 5.41) is 9.30. The molecule has 0 spiro atoms. The summed E-state index contributed by atoms with van der Waals surface area (Å²) in [7, 11) is 1.86. The molecule has 0 saturated carbocycles. The standard InChI is InChI=1S/C23H18ClN3O3/c1-27-19-7-5-14(13-28)11-17(19)23(26-27)25-18-4-2-3-16(22(18)24)15-6-8-20-21(12-15)30-10-9-29-20/h2-8,11-13H,9-10H2,1H3,(H,25,26). The van der Waals surface area contributed by atoms with Crippen molar-refractivity contribution in [2.75, 3.05) is 18.5 Å². The maximum atomic E-state index is 11.2. The van der Waals surface area contributed by atoms with Crippen molar-refractivity contribution in [3.8, 4) is 22.6 Å². The van der Waals surface area contributed by atoms with Gasteiger partial charge in [-0.05, 0) is 42.0 Å². The summed E-state index contributed by atoms with van der Waals surface area (Å²) in [6.45, 7) is 1.08. The zero-order valence-electron chi connectivity index (χ0n) is 16.2. The summed E-state index contributed by atoms with van der Waals surface area (Å²) in [5.74, 6) is 2.09. The first-order valence-electron chi connectivity index (χ1n) is 9.51. The van der Waals surface area contributed by atoms with Crippen LogP contribution in [0.1, 0.15) is 10.4 Å². The molecule has 30 heavy (non-hydrogen) atoms. The third kappa shape index (κ3) is 3.15. The molecule has 0 atom stereocenters. The molecule has 1 aliphatic rings. The van der Waals surface area contributed by atoms with Gasteiger partial charge in [-0.2, -0.15) is 5.10 Å². The fourth-order valence-electron chi connectivity index (χ4n) is 3.64. The van der Waals surface area contributed by atoms with Gasteiger partial charge in [0.2, 0.25) is 0 Å². The number of anilines is 2. The van der Waals surface area contributed by atoms with Gasteiger partial charge in [0, 0.05) is 23.6 Å². The zero-order chi connectivity index (χ0) is 20.7. The van der Waals surface area contributed by atoms with Gasteiger partial charge < -0.3 is 14.8 Å². The summed E-state index contributed by atoms with van der Waals surface area (Å²) >= 11 is 6.77. The SMILES string of the molecule is Cn1nc(Nc2cccc(-c3ccc4c(c3)OCCO4)c2Cl)c2cc(C=O)ccc21. The Balaban J connectivity index is 1.54. The van der Waals surface area contributed by atoms with Gasteiger partial charge in [0.05, 0.1) is 16.2 Å². The molecule has 1 aromatic heterocycles. The molecule has 0 fully saturated rings. The van der Waals surface area contributed by atoms with Gasteiger partial charge in [0.15, 0.2) is 17.3 Å². The highest BCUT2D eigenvalue weighted by Gasteiger charge is 2.16. The van der Waals surface area contributed by atoms with Crippen LogP contribution >= 0.6 is 11.6 Å². The molecule has 0 aliphatic carbocycles. The monoisotopic (exact) mass is 419 g/mol. The van der Waals surface area contributed by atoms with Gasteiger partial charge in [-0.1, -0.05) is 29.8 Å². The topological polar surface area (TPSA) is 65.4 Å². The van der Waals surface area contributed by atoms with Gasteiger partial charge in [-0.15, -0.1) is 0 Å². The number of aryl methyl sites for hydroxylation is 1. The molecule has 7 heteroatoms. The summed E-state index contributed by atoms with van der Waals surface area (Å²) in [6.07, 6.45) is 0.825. The average Bonchev–Trinajstić information content (AvgIpc) is 3.09. The highest BCUT2D eigenvalue weighted by Crippen LogP contribution is 2.40. The number of rotatable bonds is 4. The van der Waals surface area contributed by atoms with Crippen molar-refractivity contribution < 1.29 is 14.3 Å². The fraction of sp³-hybridized carbons (Fsp3) is 0.130. The molecule has 1 N–H and O–H groups in total. The number of aromatic nitrogens is 2. The largest absolute Gasteiger partial charge is 0.486 e. The lowest BCUT2D eigenvalue weighted by molar-refractivity contribution is 0.112. The maximum Gasteiger partial charge on any atom is 0.161 e. The number of hydrogen-bond acceptors (Lipinski definition) is 5. The number of nitrogens with zero attached hydrogens (tertiary/aromatic N) is 2. The molecule has 0 amide bonds. The Kier molecular flexibility index (Phi) is 4.56. The number of fused-ring (bicyclic) bond motifs is 2. The molecular weight excluding hydrogens is 402 g/mol. The number of nitrogens with one attached hydrogen (secondary N) is 1. The number of halogens is 1. The van der Waals surface area contributed by atoms with E-state index in [0.717, 1.165) is 39.8 Å². The van der Waals surface area contributed by atoms with E-state index in [2.05, 4.69) is 10.4 Å². The molecule has 3 aromatic carbocycles. The summed E-state index contributed by atoms with van der Waals surface area (Å²) in [4.78, 5) is 11.2. The van der Waals surface area contributed by atoms with E-state index in [9.17, 15) is 4.79 Å². The first kappa shape index (κ1) is 18.5. The van der Waals surface area contributed by atoms with Crippen molar-refractivity contribution in [1.82, 2.24) is 9.78 Å². The average molecular weight is 420 g/mol. The van der Waals surface area contributed by atoms with Crippen LogP contribution in [0.15, 0.2) is 54.6 Å². The van der Waals surface area contributed by atoms with Gasteiger partial charge in [0.1, 0.15) is 19.5 Å². The number of ether oxygens (including phenoxy) is 2. The van der Waals surface area contributed by atoms with E-state index >= 15 is 0 Å². The van der Waals surface area contributed by atoms with Crippen LogP contribution in [-0.2, 0) is 7.05 Å². The smallest absolute Gasteiger partial charge is 0.161 e. The molecule has 0 unspecified atom stereocenters. The Morgan fingerprint density at radius 2 is 1.90 bits per heavy atom. The molecular formula is C23H18ClN3O3. The zero-order valence-corrected chi connectivity index (χ0v) is 16.9. The molecule has 0 saturated heterocycles. The lowest BCUT2D eigenvalue weighted by Gasteiger charge is -2.19. The molecule has 0 radical (unpaired) electrons. The second kappa shape index (κ2) is 7.39. The Bertz CT molecular complexity index is 1280. The molecule has 6 nitrogen and oxygen atoms in total. The molecule has 4 aromatic rings. The van der Waals surface area contributed by atoms with Crippen LogP contribution < -0.4 is 14.8 Å². The third-order valence-corrected chi connectivity index (χ3v) is 5.52. The second-order valence-corrected chi connectivity index (χ2v) is 7.40. The summed E-state index contributed by atoms with van der Waals surface area (Å²) in [6, 6.07) is 17.1. The normalized spacial score (nSPS) is 12.7. The Morgan fingerprint density at radius 1 is 1.07 bits per heavy atom. The van der Waals surface area contributed by atoms with Crippen LogP contribution in [0.2, 0.25) is 5.02 Å². The van der Waals surface area contributed by atoms with E-state index in [0.29, 0.717) is 35.4 Å². The van der Waals surface area contributed by atoms with Crippen LogP contribution in [0.25, 0.3) is 22.0 Å². The van der Waals surface area contributed by atoms with Crippen molar-refractivity contribution >= 4 is 40.3 Å². The molecule has 150 valence electrons. The molecule has 1 aliphatic heterocycles. The van der Waals surface area contributed by atoms with Gasteiger partial charge in [0.25, 0.3) is 0 Å². The van der Waals surface area contributed by atoms with E-state index in [1.165, 1.54) is 0 Å². The minimum absolute atomic E-state index is 0.529. The lowest BCUT2D eigenvalue weighted by atomic mass is 10.0. The van der Waals surface area contributed by atoms with Gasteiger partial charge >= 0.3 is 0 Å². The predicted molar refractivity (Wildman–Crippen MR) is 117 cm³/mol. The first-order valence-corrected chi connectivity index (χ1v) is 9.89. The molecule has 0 bridgehead atoms. The van der Waals surface area contributed by atoms with Crippen LogP contribution in [-0.4, -0.2) is 29.3 Å². The fourth-order valence-corrected chi connectivity index (χ4v) is 3.92. The Labute approximate surface area is 178 Å². The van der Waals surface area contributed by atoms with Crippen LogP contribution in [0.3, 0.4) is 0 Å². The maximum absolute atomic E-state index is 11.2. The van der Waals surface area contributed by atoms with Crippen molar-refractivity contribution in [3.63, 3.8) is 0 Å². The van der Waals surface area contributed by atoms with E-state index in [1.54, 1.807) is 10.7 Å². The number of carbonyl (C=O) groups excluding carboxylic acids is 1. The van der Waals surface area contributed by atoms with Crippen LogP contribution in [0.4, 0.5) is 11.5 Å². The van der Waals surface area contributed by atoms with Crippen LogP contribution in [0, 0.1) is 0 Å². The van der Waals surface area contributed by atoms with Crippen molar-refractivity contribution in [3.05, 3.63) is 65.2 Å². The lowest BCUT2D eigenvalue weighted by Crippen LogP contribution is -2.15. The minimum Gasteiger partial charge on any atom is -0.486 e. The van der Waals surface area contributed by atoms with Crippen LogP contribution in [0.5, 0.6) is 11.5 Å². The molecule has 5 rings (SSSR count). The number of hydrogen-bond donors (Lipinski definition) is 1. The third-order valence-electron chi connectivity index (χ3n) is 5.12. The number of carbonyl (C=O) groups is 1. The molecule has 2 heterocycles. The minimum atomic E-state index is 0.529. The highest BCUT2D eigenvalue weighted by molar-refractivity contribution is 6.36. The van der Waals surface area contributed by atoms with E-state index in [-0.39, 0.29) is 0 Å². The summed E-state index contributed by atoms with van der Waals surface area (Å²) < 4.78 is 13.1. The first-order chi connectivity index (χ1) is 14.6.